The van der Waals surface area contributed by atoms with Gasteiger partial charge in [0.1, 0.15) is 11.4 Å². The Bertz CT molecular complexity index is 712. The molecule has 0 saturated heterocycles. The number of benzene rings is 1. The molecule has 22 heavy (non-hydrogen) atoms. The van der Waals surface area contributed by atoms with Crippen LogP contribution in [0.1, 0.15) is 30.3 Å². The fourth-order valence-corrected chi connectivity index (χ4v) is 2.67. The molecule has 2 aromatic rings. The van der Waals surface area contributed by atoms with E-state index < -0.39 is 5.54 Å². The number of ether oxygens (including phenoxy) is 1. The lowest BCUT2D eigenvalue weighted by Crippen LogP contribution is -2.50. The smallest absolute Gasteiger partial charge is 0.270 e. The number of hydrogen-bond acceptors (Lipinski definition) is 4. The van der Waals surface area contributed by atoms with Crippen LogP contribution in [0, 0.1) is 5.92 Å². The minimum atomic E-state index is -0.562. The van der Waals surface area contributed by atoms with Gasteiger partial charge in [-0.2, -0.15) is 0 Å². The van der Waals surface area contributed by atoms with Gasteiger partial charge in [0.25, 0.3) is 5.91 Å². The Balaban J connectivity index is 1.84. The lowest BCUT2D eigenvalue weighted by atomic mass is 9.96. The minimum Gasteiger partial charge on any atom is -0.497 e. The molecule has 1 aromatic carbocycles. The summed E-state index contributed by atoms with van der Waals surface area (Å²) in [6, 6.07) is 9.08. The molecule has 5 heteroatoms. The average Bonchev–Trinajstić information content (AvgIpc) is 3.39. The lowest BCUT2D eigenvalue weighted by Gasteiger charge is -2.28. The molecule has 1 atom stereocenters. The second kappa shape index (κ2) is 5.57. The number of methoxy groups -OCH3 is 1. The van der Waals surface area contributed by atoms with Crippen LogP contribution in [0.15, 0.2) is 30.3 Å². The summed E-state index contributed by atoms with van der Waals surface area (Å²) >= 11 is 0. The molecule has 2 N–H and O–H groups in total. The molecule has 5 nitrogen and oxygen atoms in total. The van der Waals surface area contributed by atoms with Crippen LogP contribution < -0.4 is 10.1 Å². The van der Waals surface area contributed by atoms with Crippen molar-refractivity contribution in [1.82, 2.24) is 10.3 Å². The van der Waals surface area contributed by atoms with Crippen LogP contribution in [0.5, 0.6) is 5.75 Å². The number of aliphatic hydroxyl groups is 1. The van der Waals surface area contributed by atoms with E-state index in [9.17, 15) is 9.90 Å². The molecular formula is C17H20N2O3. The third-order valence-corrected chi connectivity index (χ3v) is 4.33. The predicted octanol–water partition coefficient (Wildman–Crippen LogP) is 2.13. The summed E-state index contributed by atoms with van der Waals surface area (Å²) in [4.78, 5) is 16.8. The zero-order chi connectivity index (χ0) is 15.7. The summed E-state index contributed by atoms with van der Waals surface area (Å²) in [6.07, 6.45) is 2.09. The highest BCUT2D eigenvalue weighted by Crippen LogP contribution is 2.39. The summed E-state index contributed by atoms with van der Waals surface area (Å²) in [5.74, 6) is 0.862. The number of fused-ring (bicyclic) bond motifs is 1. The lowest BCUT2D eigenvalue weighted by molar-refractivity contribution is 0.0820. The van der Waals surface area contributed by atoms with E-state index in [1.165, 1.54) is 0 Å². The second-order valence-corrected chi connectivity index (χ2v) is 6.06. The van der Waals surface area contributed by atoms with Gasteiger partial charge in [0.2, 0.25) is 0 Å². The van der Waals surface area contributed by atoms with E-state index in [1.807, 2.05) is 31.2 Å². The first-order chi connectivity index (χ1) is 10.6. The number of rotatable bonds is 5. The first-order valence-electron chi connectivity index (χ1n) is 7.44. The van der Waals surface area contributed by atoms with E-state index in [-0.39, 0.29) is 12.5 Å². The molecule has 1 amide bonds. The van der Waals surface area contributed by atoms with Crippen molar-refractivity contribution in [3.63, 3.8) is 0 Å². The topological polar surface area (TPSA) is 71.5 Å². The summed E-state index contributed by atoms with van der Waals surface area (Å²) in [5, 5.41) is 13.4. The van der Waals surface area contributed by atoms with Crippen LogP contribution in [-0.2, 0) is 0 Å². The maximum Gasteiger partial charge on any atom is 0.270 e. The van der Waals surface area contributed by atoms with Gasteiger partial charge in [0.05, 0.1) is 24.8 Å². The Hall–Kier alpha value is -2.14. The van der Waals surface area contributed by atoms with E-state index >= 15 is 0 Å². The molecule has 116 valence electrons. The van der Waals surface area contributed by atoms with Crippen molar-refractivity contribution in [2.24, 2.45) is 5.92 Å². The largest absolute Gasteiger partial charge is 0.497 e. The van der Waals surface area contributed by atoms with Crippen LogP contribution in [0.2, 0.25) is 0 Å². The van der Waals surface area contributed by atoms with Gasteiger partial charge in [0.15, 0.2) is 0 Å². The molecule has 1 unspecified atom stereocenters. The fraction of sp³-hybridized carbons (Fsp3) is 0.412. The van der Waals surface area contributed by atoms with Gasteiger partial charge in [-0.15, -0.1) is 0 Å². The van der Waals surface area contributed by atoms with Crippen LogP contribution in [-0.4, -0.2) is 35.3 Å². The molecule has 0 spiro atoms. The van der Waals surface area contributed by atoms with Gasteiger partial charge in [-0.05, 0) is 49.9 Å². The zero-order valence-corrected chi connectivity index (χ0v) is 12.8. The molecule has 0 bridgehead atoms. The molecule has 0 radical (unpaired) electrons. The number of pyridine rings is 1. The molecule has 1 aliphatic carbocycles. The van der Waals surface area contributed by atoms with Crippen molar-refractivity contribution >= 4 is 16.8 Å². The quantitative estimate of drug-likeness (QED) is 0.887. The van der Waals surface area contributed by atoms with Crippen molar-refractivity contribution in [1.29, 1.82) is 0 Å². The minimum absolute atomic E-state index is 0.0613. The van der Waals surface area contributed by atoms with Gasteiger partial charge in [-0.3, -0.25) is 4.79 Å². The maximum absolute atomic E-state index is 12.4. The molecular weight excluding hydrogens is 280 g/mol. The Morgan fingerprint density at radius 3 is 2.82 bits per heavy atom. The number of amides is 1. The normalized spacial score (nSPS) is 17.0. The fourth-order valence-electron chi connectivity index (χ4n) is 2.67. The van der Waals surface area contributed by atoms with Crippen molar-refractivity contribution in [3.8, 4) is 5.75 Å². The SMILES string of the molecule is COc1ccc2nc(C(=O)NC(C)(CO)C3CC3)ccc2c1. The number of aliphatic hydroxyl groups excluding tert-OH is 1. The molecule has 1 aromatic heterocycles. The Kier molecular flexibility index (Phi) is 3.74. The molecule has 0 aliphatic heterocycles. The van der Waals surface area contributed by atoms with Crippen molar-refractivity contribution in [2.75, 3.05) is 13.7 Å². The van der Waals surface area contributed by atoms with Gasteiger partial charge >= 0.3 is 0 Å². The van der Waals surface area contributed by atoms with Gasteiger partial charge < -0.3 is 15.2 Å². The Morgan fingerprint density at radius 1 is 1.41 bits per heavy atom. The highest BCUT2D eigenvalue weighted by Gasteiger charge is 2.42. The molecule has 1 heterocycles. The number of hydrogen-bond donors (Lipinski definition) is 2. The molecule has 1 fully saturated rings. The van der Waals surface area contributed by atoms with Crippen molar-refractivity contribution in [3.05, 3.63) is 36.0 Å². The summed E-state index contributed by atoms with van der Waals surface area (Å²) in [6.45, 7) is 1.82. The van der Waals surface area contributed by atoms with Gasteiger partial charge in [0, 0.05) is 5.39 Å². The van der Waals surface area contributed by atoms with Crippen LogP contribution in [0.4, 0.5) is 0 Å². The van der Waals surface area contributed by atoms with E-state index in [4.69, 9.17) is 4.74 Å². The number of nitrogens with one attached hydrogen (secondary N) is 1. The highest BCUT2D eigenvalue weighted by atomic mass is 16.5. The number of nitrogens with zero attached hydrogens (tertiary/aromatic N) is 1. The molecule has 1 aliphatic rings. The third kappa shape index (κ3) is 2.76. The van der Waals surface area contributed by atoms with Crippen molar-refractivity contribution < 1.29 is 14.6 Å². The van der Waals surface area contributed by atoms with Gasteiger partial charge in [-0.25, -0.2) is 4.98 Å². The summed E-state index contributed by atoms with van der Waals surface area (Å²) < 4.78 is 5.18. The third-order valence-electron chi connectivity index (χ3n) is 4.33. The van der Waals surface area contributed by atoms with E-state index in [0.717, 1.165) is 29.5 Å². The first kappa shape index (κ1) is 14.8. The van der Waals surface area contributed by atoms with E-state index in [1.54, 1.807) is 13.2 Å². The maximum atomic E-state index is 12.4. The summed E-state index contributed by atoms with van der Waals surface area (Å²) in [5.41, 5.74) is 0.539. The summed E-state index contributed by atoms with van der Waals surface area (Å²) in [7, 11) is 1.62. The second-order valence-electron chi connectivity index (χ2n) is 6.06. The average molecular weight is 300 g/mol. The van der Waals surface area contributed by atoms with Gasteiger partial charge in [-0.1, -0.05) is 6.07 Å². The van der Waals surface area contributed by atoms with Crippen LogP contribution in [0.25, 0.3) is 10.9 Å². The zero-order valence-electron chi connectivity index (χ0n) is 12.8. The van der Waals surface area contributed by atoms with Crippen molar-refractivity contribution in [2.45, 2.75) is 25.3 Å². The first-order valence-corrected chi connectivity index (χ1v) is 7.44. The predicted molar refractivity (Wildman–Crippen MR) is 84.0 cm³/mol. The highest BCUT2D eigenvalue weighted by molar-refractivity contribution is 5.95. The molecule has 1 saturated carbocycles. The van der Waals surface area contributed by atoms with Crippen LogP contribution in [0.3, 0.4) is 0 Å². The number of carbonyl (C=O) groups is 1. The van der Waals surface area contributed by atoms with E-state index in [0.29, 0.717) is 11.6 Å². The van der Waals surface area contributed by atoms with Crippen LogP contribution >= 0.6 is 0 Å². The number of carbonyl (C=O) groups excluding carboxylic acids is 1. The molecule has 3 rings (SSSR count). The Labute approximate surface area is 129 Å². The standard InChI is InChI=1S/C17H20N2O3/c1-17(10-20,12-4-5-12)19-16(21)15-7-3-11-9-13(22-2)6-8-14(11)18-15/h3,6-9,12,20H,4-5,10H2,1-2H3,(H,19,21). The Morgan fingerprint density at radius 2 is 2.18 bits per heavy atom. The van der Waals surface area contributed by atoms with E-state index in [2.05, 4.69) is 10.3 Å². The number of aromatic nitrogens is 1. The monoisotopic (exact) mass is 300 g/mol.